The maximum absolute atomic E-state index is 12.5. The topological polar surface area (TPSA) is 55.8 Å². The Kier molecular flexibility index (Phi) is 6.29. The van der Waals surface area contributed by atoms with Crippen molar-refractivity contribution in [2.24, 2.45) is 5.92 Å². The Labute approximate surface area is 157 Å². The molecule has 1 aromatic heterocycles. The smallest absolute Gasteiger partial charge is 0.225 e. The van der Waals surface area contributed by atoms with E-state index in [-0.39, 0.29) is 5.92 Å². The summed E-state index contributed by atoms with van der Waals surface area (Å²) in [5.74, 6) is 2.36. The van der Waals surface area contributed by atoms with E-state index in [4.69, 9.17) is 0 Å². The van der Waals surface area contributed by atoms with Gasteiger partial charge in [0.2, 0.25) is 5.91 Å². The Hall–Kier alpha value is -1.89. The van der Waals surface area contributed by atoms with Crippen LogP contribution in [0.1, 0.15) is 26.7 Å². The SMILES string of the molecule is CCC(CC)C(=O)N1CCN(c2ccc(N3CCN(C)CC3)nn2)CC1. The summed E-state index contributed by atoms with van der Waals surface area (Å²) in [6.45, 7) is 11.5. The van der Waals surface area contributed by atoms with Crippen LogP contribution in [-0.2, 0) is 4.79 Å². The van der Waals surface area contributed by atoms with Crippen molar-refractivity contribution in [3.05, 3.63) is 12.1 Å². The van der Waals surface area contributed by atoms with Crippen molar-refractivity contribution in [2.75, 3.05) is 69.2 Å². The third kappa shape index (κ3) is 4.26. The van der Waals surface area contributed by atoms with Gasteiger partial charge in [0, 0.05) is 58.3 Å². The van der Waals surface area contributed by atoms with Gasteiger partial charge in [0.05, 0.1) is 0 Å². The van der Waals surface area contributed by atoms with Crippen molar-refractivity contribution < 1.29 is 4.79 Å². The van der Waals surface area contributed by atoms with E-state index in [9.17, 15) is 4.79 Å². The van der Waals surface area contributed by atoms with Crippen LogP contribution in [0.15, 0.2) is 12.1 Å². The van der Waals surface area contributed by atoms with E-state index in [0.29, 0.717) is 5.91 Å². The first-order valence-electron chi connectivity index (χ1n) is 9.93. The predicted octanol–water partition coefficient (Wildman–Crippen LogP) is 1.31. The van der Waals surface area contributed by atoms with Crippen LogP contribution in [0.4, 0.5) is 11.6 Å². The van der Waals surface area contributed by atoms with Crippen molar-refractivity contribution in [2.45, 2.75) is 26.7 Å². The molecule has 144 valence electrons. The molecule has 0 saturated carbocycles. The Bertz CT molecular complexity index is 572. The molecule has 0 unspecified atom stereocenters. The Morgan fingerprint density at radius 1 is 0.885 bits per heavy atom. The highest BCUT2D eigenvalue weighted by molar-refractivity contribution is 5.79. The average Bonchev–Trinajstić information content (AvgIpc) is 2.70. The number of anilines is 2. The number of nitrogens with zero attached hydrogens (tertiary/aromatic N) is 6. The lowest BCUT2D eigenvalue weighted by atomic mass is 10.0. The zero-order valence-electron chi connectivity index (χ0n) is 16.4. The summed E-state index contributed by atoms with van der Waals surface area (Å²) in [5, 5.41) is 8.90. The molecule has 0 N–H and O–H groups in total. The Balaban J connectivity index is 1.54. The molecule has 2 aliphatic heterocycles. The summed E-state index contributed by atoms with van der Waals surface area (Å²) in [7, 11) is 2.15. The van der Waals surface area contributed by atoms with Gasteiger partial charge in [-0.25, -0.2) is 0 Å². The first kappa shape index (κ1) is 18.9. The molecular weight excluding hydrogens is 328 g/mol. The molecule has 1 amide bonds. The lowest BCUT2D eigenvalue weighted by Crippen LogP contribution is -2.50. The summed E-state index contributed by atoms with van der Waals surface area (Å²) in [4.78, 5) is 21.4. The summed E-state index contributed by atoms with van der Waals surface area (Å²) in [6, 6.07) is 4.15. The van der Waals surface area contributed by atoms with Gasteiger partial charge in [0.1, 0.15) is 0 Å². The van der Waals surface area contributed by atoms with Crippen molar-refractivity contribution in [1.82, 2.24) is 20.0 Å². The normalized spacial score (nSPS) is 19.3. The lowest BCUT2D eigenvalue weighted by molar-refractivity contribution is -0.136. The molecule has 7 nitrogen and oxygen atoms in total. The minimum atomic E-state index is 0.171. The highest BCUT2D eigenvalue weighted by Gasteiger charge is 2.26. The highest BCUT2D eigenvalue weighted by Crippen LogP contribution is 2.19. The quantitative estimate of drug-likeness (QED) is 0.789. The molecule has 3 heterocycles. The van der Waals surface area contributed by atoms with Crippen LogP contribution in [0.3, 0.4) is 0 Å². The molecule has 7 heteroatoms. The predicted molar refractivity (Wildman–Crippen MR) is 105 cm³/mol. The van der Waals surface area contributed by atoms with Crippen molar-refractivity contribution in [1.29, 1.82) is 0 Å². The first-order valence-corrected chi connectivity index (χ1v) is 9.93. The number of rotatable bonds is 5. The third-order valence-corrected chi connectivity index (χ3v) is 5.71. The van der Waals surface area contributed by atoms with Crippen LogP contribution in [0, 0.1) is 5.92 Å². The minimum absolute atomic E-state index is 0.171. The van der Waals surface area contributed by atoms with E-state index in [2.05, 4.69) is 57.9 Å². The van der Waals surface area contributed by atoms with Gasteiger partial charge in [0.25, 0.3) is 0 Å². The maximum Gasteiger partial charge on any atom is 0.225 e. The number of amides is 1. The fourth-order valence-corrected chi connectivity index (χ4v) is 3.74. The van der Waals surface area contributed by atoms with Gasteiger partial charge in [-0.15, -0.1) is 10.2 Å². The fraction of sp³-hybridized carbons (Fsp3) is 0.737. The molecule has 0 spiro atoms. The largest absolute Gasteiger partial charge is 0.353 e. The van der Waals surface area contributed by atoms with Crippen LogP contribution >= 0.6 is 0 Å². The van der Waals surface area contributed by atoms with Crippen LogP contribution in [0.5, 0.6) is 0 Å². The number of likely N-dealkylation sites (N-methyl/N-ethyl adjacent to an activating group) is 1. The van der Waals surface area contributed by atoms with Gasteiger partial charge in [-0.1, -0.05) is 13.8 Å². The molecule has 2 saturated heterocycles. The van der Waals surface area contributed by atoms with E-state index >= 15 is 0 Å². The summed E-state index contributed by atoms with van der Waals surface area (Å²) >= 11 is 0. The number of hydrogen-bond donors (Lipinski definition) is 0. The first-order chi connectivity index (χ1) is 12.6. The van der Waals surface area contributed by atoms with Crippen LogP contribution < -0.4 is 9.80 Å². The second-order valence-electron chi connectivity index (χ2n) is 7.37. The molecule has 3 rings (SSSR count). The summed E-state index contributed by atoms with van der Waals surface area (Å²) in [5.41, 5.74) is 0. The van der Waals surface area contributed by atoms with Gasteiger partial charge in [-0.2, -0.15) is 0 Å². The number of aromatic nitrogens is 2. The second-order valence-corrected chi connectivity index (χ2v) is 7.37. The molecule has 2 fully saturated rings. The summed E-state index contributed by atoms with van der Waals surface area (Å²) in [6.07, 6.45) is 1.85. The molecule has 26 heavy (non-hydrogen) atoms. The Morgan fingerprint density at radius 2 is 1.35 bits per heavy atom. The molecule has 0 aromatic carbocycles. The van der Waals surface area contributed by atoms with Crippen molar-refractivity contribution >= 4 is 17.5 Å². The van der Waals surface area contributed by atoms with Crippen LogP contribution in [0.2, 0.25) is 0 Å². The zero-order chi connectivity index (χ0) is 18.5. The molecular formula is C19H32N6O. The Morgan fingerprint density at radius 3 is 1.77 bits per heavy atom. The molecule has 2 aliphatic rings. The van der Waals surface area contributed by atoms with E-state index in [1.807, 2.05) is 4.90 Å². The molecule has 0 radical (unpaired) electrons. The lowest BCUT2D eigenvalue weighted by Gasteiger charge is -2.37. The van der Waals surface area contributed by atoms with Crippen LogP contribution in [-0.4, -0.2) is 85.3 Å². The third-order valence-electron chi connectivity index (χ3n) is 5.71. The van der Waals surface area contributed by atoms with Gasteiger partial charge in [0.15, 0.2) is 11.6 Å². The van der Waals surface area contributed by atoms with Crippen LogP contribution in [0.25, 0.3) is 0 Å². The van der Waals surface area contributed by atoms with Crippen molar-refractivity contribution in [3.63, 3.8) is 0 Å². The molecule has 0 aliphatic carbocycles. The number of piperazine rings is 2. The number of carbonyl (C=O) groups excluding carboxylic acids is 1. The molecule has 1 aromatic rings. The van der Waals surface area contributed by atoms with Gasteiger partial charge in [-0.05, 0) is 32.0 Å². The average molecular weight is 361 g/mol. The van der Waals surface area contributed by atoms with E-state index in [1.165, 1.54) is 0 Å². The van der Waals surface area contributed by atoms with Gasteiger partial charge < -0.3 is 19.6 Å². The van der Waals surface area contributed by atoms with Crippen molar-refractivity contribution in [3.8, 4) is 0 Å². The van der Waals surface area contributed by atoms with E-state index in [1.54, 1.807) is 0 Å². The van der Waals surface area contributed by atoms with Gasteiger partial charge >= 0.3 is 0 Å². The monoisotopic (exact) mass is 360 g/mol. The fourth-order valence-electron chi connectivity index (χ4n) is 3.74. The summed E-state index contributed by atoms with van der Waals surface area (Å²) < 4.78 is 0. The standard InChI is InChI=1S/C19H32N6O/c1-4-16(5-2)19(26)25-14-12-24(13-15-25)18-7-6-17(20-21-18)23-10-8-22(3)9-11-23/h6-7,16H,4-5,8-15H2,1-3H3. The molecule has 0 atom stereocenters. The highest BCUT2D eigenvalue weighted by atomic mass is 16.2. The minimum Gasteiger partial charge on any atom is -0.353 e. The number of carbonyl (C=O) groups is 1. The number of hydrogen-bond acceptors (Lipinski definition) is 6. The second kappa shape index (κ2) is 8.66. The zero-order valence-corrected chi connectivity index (χ0v) is 16.4. The van der Waals surface area contributed by atoms with E-state index < -0.39 is 0 Å². The maximum atomic E-state index is 12.5. The van der Waals surface area contributed by atoms with Gasteiger partial charge in [-0.3, -0.25) is 4.79 Å². The molecule has 0 bridgehead atoms. The van der Waals surface area contributed by atoms with E-state index in [0.717, 1.165) is 76.8 Å².